The van der Waals surface area contributed by atoms with Gasteiger partial charge in [-0.2, -0.15) is 0 Å². The molecule has 2 aromatic rings. The topological polar surface area (TPSA) is 20.3 Å². The van der Waals surface area contributed by atoms with Crippen LogP contribution < -0.4 is 0 Å². The molecule has 0 radical (unpaired) electrons. The van der Waals surface area contributed by atoms with Gasteiger partial charge >= 0.3 is 0 Å². The predicted octanol–water partition coefficient (Wildman–Crippen LogP) is 3.78. The van der Waals surface area contributed by atoms with Crippen LogP contribution in [-0.2, 0) is 6.54 Å². The summed E-state index contributed by atoms with van der Waals surface area (Å²) >= 11 is 0. The van der Waals surface area contributed by atoms with Crippen molar-refractivity contribution in [1.82, 2.24) is 4.90 Å². The molecule has 0 aromatic heterocycles. The van der Waals surface area contributed by atoms with Gasteiger partial charge in [-0.1, -0.05) is 37.3 Å². The Morgan fingerprint density at radius 3 is 2.45 bits per heavy atom. The maximum atomic E-state index is 13.0. The fourth-order valence-electron chi connectivity index (χ4n) is 3.21. The van der Waals surface area contributed by atoms with E-state index in [0.717, 1.165) is 19.6 Å². The molecule has 22 heavy (non-hydrogen) atoms. The molecule has 2 atom stereocenters. The van der Waals surface area contributed by atoms with E-state index >= 15 is 0 Å². The maximum absolute atomic E-state index is 13.0. The van der Waals surface area contributed by atoms with E-state index in [9.17, 15) is 9.18 Å². The zero-order chi connectivity index (χ0) is 15.5. The molecule has 1 fully saturated rings. The lowest BCUT2D eigenvalue weighted by atomic mass is 9.90. The highest BCUT2D eigenvalue weighted by molar-refractivity contribution is 5.98. The van der Waals surface area contributed by atoms with Crippen molar-refractivity contribution in [1.29, 1.82) is 0 Å². The molecule has 2 aromatic carbocycles. The van der Waals surface area contributed by atoms with Crippen molar-refractivity contribution in [2.45, 2.75) is 13.5 Å². The Labute approximate surface area is 130 Å². The molecule has 1 aliphatic rings. The van der Waals surface area contributed by atoms with Gasteiger partial charge < -0.3 is 0 Å². The SMILES string of the molecule is CC1CN(Cc2ccccc2)CC1C(=O)c1ccc(F)cc1. The van der Waals surface area contributed by atoms with Crippen molar-refractivity contribution in [2.75, 3.05) is 13.1 Å². The minimum Gasteiger partial charge on any atom is -0.298 e. The van der Waals surface area contributed by atoms with Gasteiger partial charge in [0.1, 0.15) is 5.82 Å². The number of carbonyl (C=O) groups is 1. The fourth-order valence-corrected chi connectivity index (χ4v) is 3.21. The summed E-state index contributed by atoms with van der Waals surface area (Å²) < 4.78 is 13.0. The van der Waals surface area contributed by atoms with Crippen LogP contribution in [0.4, 0.5) is 4.39 Å². The minimum atomic E-state index is -0.304. The van der Waals surface area contributed by atoms with E-state index in [1.807, 2.05) is 18.2 Å². The molecule has 2 unspecified atom stereocenters. The first-order valence-electron chi connectivity index (χ1n) is 7.69. The lowest BCUT2D eigenvalue weighted by molar-refractivity contribution is 0.0902. The predicted molar refractivity (Wildman–Crippen MR) is 85.1 cm³/mol. The molecule has 0 bridgehead atoms. The number of benzene rings is 2. The summed E-state index contributed by atoms with van der Waals surface area (Å²) in [5.41, 5.74) is 1.88. The zero-order valence-corrected chi connectivity index (χ0v) is 12.7. The molecule has 0 saturated carbocycles. The second-order valence-corrected chi connectivity index (χ2v) is 6.13. The third-order valence-corrected chi connectivity index (χ3v) is 4.40. The number of likely N-dealkylation sites (tertiary alicyclic amines) is 1. The molecule has 0 amide bonds. The van der Waals surface area contributed by atoms with Crippen LogP contribution in [0, 0.1) is 17.7 Å². The molecule has 1 heterocycles. The summed E-state index contributed by atoms with van der Waals surface area (Å²) in [7, 11) is 0. The van der Waals surface area contributed by atoms with Crippen molar-refractivity contribution in [3.05, 3.63) is 71.5 Å². The molecule has 1 saturated heterocycles. The van der Waals surface area contributed by atoms with E-state index in [1.54, 1.807) is 12.1 Å². The maximum Gasteiger partial charge on any atom is 0.167 e. The van der Waals surface area contributed by atoms with Gasteiger partial charge in [0.25, 0.3) is 0 Å². The number of Topliss-reactive ketones (excluding diaryl/α,β-unsaturated/α-hetero) is 1. The fraction of sp³-hybridized carbons (Fsp3) is 0.316. The number of carbonyl (C=O) groups excluding carboxylic acids is 1. The van der Waals surface area contributed by atoms with E-state index in [-0.39, 0.29) is 17.5 Å². The average molecular weight is 297 g/mol. The van der Waals surface area contributed by atoms with Crippen LogP contribution in [0.2, 0.25) is 0 Å². The molecule has 114 valence electrons. The molecule has 0 spiro atoms. The third-order valence-electron chi connectivity index (χ3n) is 4.40. The molecular weight excluding hydrogens is 277 g/mol. The summed E-state index contributed by atoms with van der Waals surface area (Å²) in [5.74, 6) is 0.139. The first kappa shape index (κ1) is 14.9. The quantitative estimate of drug-likeness (QED) is 0.801. The molecule has 2 nitrogen and oxygen atoms in total. The summed E-state index contributed by atoms with van der Waals surface area (Å²) in [5, 5.41) is 0. The van der Waals surface area contributed by atoms with Gasteiger partial charge in [-0.25, -0.2) is 4.39 Å². The number of hydrogen-bond acceptors (Lipinski definition) is 2. The molecule has 3 heteroatoms. The molecule has 3 rings (SSSR count). The third kappa shape index (κ3) is 3.25. The van der Waals surface area contributed by atoms with Gasteiger partial charge in [0.05, 0.1) is 0 Å². The molecule has 0 N–H and O–H groups in total. The summed E-state index contributed by atoms with van der Waals surface area (Å²) in [6, 6.07) is 16.2. The number of rotatable bonds is 4. The zero-order valence-electron chi connectivity index (χ0n) is 12.7. The normalized spacial score (nSPS) is 21.9. The van der Waals surface area contributed by atoms with Crippen molar-refractivity contribution >= 4 is 5.78 Å². The Balaban J connectivity index is 1.68. The largest absolute Gasteiger partial charge is 0.298 e. The van der Waals surface area contributed by atoms with E-state index in [0.29, 0.717) is 11.5 Å². The lowest BCUT2D eigenvalue weighted by Gasteiger charge is -2.15. The van der Waals surface area contributed by atoms with Crippen LogP contribution in [0.3, 0.4) is 0 Å². The lowest BCUT2D eigenvalue weighted by Crippen LogP contribution is -2.23. The number of nitrogens with zero attached hydrogens (tertiary/aromatic N) is 1. The van der Waals surface area contributed by atoms with Crippen molar-refractivity contribution < 1.29 is 9.18 Å². The second kappa shape index (κ2) is 6.41. The van der Waals surface area contributed by atoms with Crippen molar-refractivity contribution in [3.8, 4) is 0 Å². The molecular formula is C19H20FNO. The van der Waals surface area contributed by atoms with Crippen LogP contribution >= 0.6 is 0 Å². The smallest absolute Gasteiger partial charge is 0.167 e. The van der Waals surface area contributed by atoms with Gasteiger partial charge in [-0.05, 0) is 35.7 Å². The molecule has 0 aliphatic carbocycles. The van der Waals surface area contributed by atoms with Gasteiger partial charge in [0.2, 0.25) is 0 Å². The standard InChI is InChI=1S/C19H20FNO/c1-14-11-21(12-15-5-3-2-4-6-15)13-18(14)19(22)16-7-9-17(20)10-8-16/h2-10,14,18H,11-13H2,1H3. The first-order valence-corrected chi connectivity index (χ1v) is 7.69. The number of hydrogen-bond donors (Lipinski definition) is 0. The summed E-state index contributed by atoms with van der Waals surface area (Å²) in [4.78, 5) is 14.9. The Morgan fingerprint density at radius 1 is 1.09 bits per heavy atom. The highest BCUT2D eigenvalue weighted by Crippen LogP contribution is 2.27. The van der Waals surface area contributed by atoms with Crippen LogP contribution in [0.15, 0.2) is 54.6 Å². The first-order chi connectivity index (χ1) is 10.6. The second-order valence-electron chi connectivity index (χ2n) is 6.13. The van der Waals surface area contributed by atoms with Gasteiger partial charge in [-0.15, -0.1) is 0 Å². The van der Waals surface area contributed by atoms with Crippen molar-refractivity contribution in [3.63, 3.8) is 0 Å². The van der Waals surface area contributed by atoms with Gasteiger partial charge in [0.15, 0.2) is 5.78 Å². The van der Waals surface area contributed by atoms with Crippen molar-refractivity contribution in [2.24, 2.45) is 11.8 Å². The highest BCUT2D eigenvalue weighted by atomic mass is 19.1. The summed E-state index contributed by atoms with van der Waals surface area (Å²) in [6.07, 6.45) is 0. The highest BCUT2D eigenvalue weighted by Gasteiger charge is 2.34. The van der Waals surface area contributed by atoms with Crippen LogP contribution in [-0.4, -0.2) is 23.8 Å². The number of halogens is 1. The van der Waals surface area contributed by atoms with E-state index < -0.39 is 0 Å². The van der Waals surface area contributed by atoms with E-state index in [1.165, 1.54) is 17.7 Å². The Morgan fingerprint density at radius 2 is 1.77 bits per heavy atom. The Hall–Kier alpha value is -2.00. The van der Waals surface area contributed by atoms with Gasteiger partial charge in [0, 0.05) is 31.1 Å². The summed E-state index contributed by atoms with van der Waals surface area (Å²) in [6.45, 7) is 4.69. The van der Waals surface area contributed by atoms with Crippen LogP contribution in [0.5, 0.6) is 0 Å². The average Bonchev–Trinajstić information content (AvgIpc) is 2.89. The molecule has 1 aliphatic heterocycles. The van der Waals surface area contributed by atoms with Gasteiger partial charge in [-0.3, -0.25) is 9.69 Å². The van der Waals surface area contributed by atoms with Crippen LogP contribution in [0.1, 0.15) is 22.8 Å². The van der Waals surface area contributed by atoms with E-state index in [4.69, 9.17) is 0 Å². The number of ketones is 1. The van der Waals surface area contributed by atoms with E-state index in [2.05, 4.69) is 24.0 Å². The Bertz CT molecular complexity index is 638. The Kier molecular flexibility index (Phi) is 4.34. The van der Waals surface area contributed by atoms with Crippen LogP contribution in [0.25, 0.3) is 0 Å². The minimum absolute atomic E-state index is 0.00539. The monoisotopic (exact) mass is 297 g/mol.